The second-order valence-electron chi connectivity index (χ2n) is 7.06. The van der Waals surface area contributed by atoms with E-state index in [4.69, 9.17) is 0 Å². The van der Waals surface area contributed by atoms with Crippen LogP contribution < -0.4 is 0 Å². The van der Waals surface area contributed by atoms with Crippen molar-refractivity contribution in [2.45, 2.75) is 167 Å². The average Bonchev–Trinajstić information content (AvgIpc) is 4.11. The van der Waals surface area contributed by atoms with Gasteiger partial charge in [-0.15, -0.1) is 0 Å². The van der Waals surface area contributed by atoms with Crippen LogP contribution >= 0.6 is 11.3 Å². The molecule has 0 unspecified atom stereocenters. The van der Waals surface area contributed by atoms with E-state index in [2.05, 4.69) is 77.0 Å². The number of furan rings is 1. The zero-order valence-electron chi connectivity index (χ0n) is 50.0. The van der Waals surface area contributed by atoms with Gasteiger partial charge in [0.25, 0.3) is 0 Å². The number of hydrogen-bond acceptors (Lipinski definition) is 3. The van der Waals surface area contributed by atoms with Crippen LogP contribution in [0.4, 0.5) is 0 Å². The van der Waals surface area contributed by atoms with Gasteiger partial charge in [0, 0.05) is 113 Å². The molecule has 0 fully saturated rings. The first-order valence-corrected chi connectivity index (χ1v) is 22.0. The first kappa shape index (κ1) is 165. The third-order valence-corrected chi connectivity index (χ3v) is 4.89. The van der Waals surface area contributed by atoms with E-state index in [0.29, 0.717) is 0 Å². The van der Waals surface area contributed by atoms with E-state index in [1.165, 1.54) is 16.3 Å². The number of benzene rings is 3. The number of rotatable bonds is 0. The van der Waals surface area contributed by atoms with Gasteiger partial charge in [-0.05, 0) is 59.6 Å². The van der Waals surface area contributed by atoms with Crippen molar-refractivity contribution in [2.75, 3.05) is 0 Å². The Morgan fingerprint density at radius 2 is 0.586 bits per heavy atom. The number of nitrogens with zero attached hydrogens (tertiary/aromatic N) is 1. The predicted octanol–water partition coefficient (Wildman–Crippen LogP) is 23.9. The molecule has 0 bridgehead atoms. The quantitative estimate of drug-likeness (QED) is 0.112. The minimum Gasteiger partial charge on any atom is -0.473 e. The summed E-state index contributed by atoms with van der Waals surface area (Å²) in [6.07, 6.45) is 5.04. The molecule has 0 aliphatic rings. The third kappa shape index (κ3) is 158. The summed E-state index contributed by atoms with van der Waals surface area (Å²) in [7, 11) is 0. The molecule has 0 saturated carbocycles. The second-order valence-corrected chi connectivity index (χ2v) is 7.88. The van der Waals surface area contributed by atoms with Crippen LogP contribution in [-0.4, -0.2) is 4.98 Å². The summed E-state index contributed by atoms with van der Waals surface area (Å²) in [4.78, 5) is 3.98. The fourth-order valence-corrected chi connectivity index (χ4v) is 3.02. The van der Waals surface area contributed by atoms with E-state index in [0.717, 1.165) is 5.69 Å². The van der Waals surface area contributed by atoms with Gasteiger partial charge in [0.2, 0.25) is 0 Å². The maximum absolute atomic E-state index is 4.58. The van der Waals surface area contributed by atoms with E-state index in [9.17, 15) is 0 Å². The molecule has 3 aromatic heterocycles. The Morgan fingerprint density at radius 1 is 0.343 bits per heavy atom. The first-order valence-electron chi connectivity index (χ1n) is 21.0. The Hall–Kier alpha value is -2.68. The van der Waals surface area contributed by atoms with E-state index in [1.54, 1.807) is 30.1 Å². The normalized spacial score (nSPS) is 5.17. The van der Waals surface area contributed by atoms with Crippen molar-refractivity contribution in [1.82, 2.24) is 4.98 Å². The summed E-state index contributed by atoms with van der Waals surface area (Å²) in [6, 6.07) is 40.5. The van der Waals surface area contributed by atoms with E-state index in [1.807, 2.05) is 217 Å². The van der Waals surface area contributed by atoms with Crippen molar-refractivity contribution >= 4 is 22.1 Å². The van der Waals surface area contributed by atoms with Gasteiger partial charge in [0.1, 0.15) is 0 Å². The smallest absolute Gasteiger partial charge is 0.0902 e. The minimum atomic E-state index is 0. The molecule has 0 atom stereocenters. The molecule has 0 saturated heterocycles. The predicted molar refractivity (Wildman–Crippen MR) is 319 cm³/mol. The number of aromatic nitrogens is 1. The molecule has 0 aliphatic carbocycles. The Morgan fingerprint density at radius 3 is 0.714 bits per heavy atom. The number of aryl methyl sites for hydroxylation is 2. The number of thiophene rings is 1. The maximum Gasteiger partial charge on any atom is 0.0902 e. The zero-order chi connectivity index (χ0) is 44.1. The summed E-state index contributed by atoms with van der Waals surface area (Å²) in [5.74, 6) is 0. The molecule has 0 amide bonds. The van der Waals surface area contributed by atoms with Gasteiger partial charge < -0.3 is 56.4 Å². The summed E-state index contributed by atoms with van der Waals surface area (Å²) in [6.45, 7) is 44.1. The van der Waals surface area contributed by atoms with Gasteiger partial charge in [-0.25, -0.2) is 0 Å². The van der Waals surface area contributed by atoms with Gasteiger partial charge >= 0.3 is 0 Å². The first-order chi connectivity index (χ1) is 26.8. The Kier molecular flexibility index (Phi) is 480. The summed E-state index contributed by atoms with van der Waals surface area (Å²) < 4.78 is 4.58. The molecule has 5 radical (unpaired) electrons. The van der Waals surface area contributed by atoms with Crippen LogP contribution in [0.15, 0.2) is 155 Å². The third-order valence-electron chi connectivity index (χ3n) is 4.26. The fourth-order valence-electron chi connectivity index (χ4n) is 2.57. The average molecular weight is 2290 g/mol. The molecule has 0 aliphatic heterocycles. The van der Waals surface area contributed by atoms with Crippen molar-refractivity contribution in [3.8, 4) is 0 Å². The largest absolute Gasteiger partial charge is 0.473 e. The van der Waals surface area contributed by atoms with Crippen LogP contribution in [0.5, 0.6) is 0 Å². The van der Waals surface area contributed by atoms with Crippen LogP contribution in [-0.2, 0) is 101 Å². The Balaban J connectivity index is -0.0000000138. The van der Waals surface area contributed by atoms with Crippen molar-refractivity contribution < 1.29 is 106 Å². The molecule has 6 aromatic rings. The molecular formula is C60H120NORe4Rf2RhS-7. The molecule has 0 spiro atoms. The maximum atomic E-state index is 4.58. The van der Waals surface area contributed by atoms with Crippen LogP contribution in [0.25, 0.3) is 10.8 Å². The van der Waals surface area contributed by atoms with Gasteiger partial charge in [-0.1, -0.05) is 256 Å². The molecular weight excluding hydrogens is 2160 g/mol. The van der Waals surface area contributed by atoms with Gasteiger partial charge in [0.15, 0.2) is 0 Å². The monoisotopic (exact) mass is 2290 g/mol. The van der Waals surface area contributed by atoms with E-state index >= 15 is 0 Å². The summed E-state index contributed by atoms with van der Waals surface area (Å²) >= 11 is 1.71. The van der Waals surface area contributed by atoms with E-state index in [-0.39, 0.29) is 168 Å². The van der Waals surface area contributed by atoms with Gasteiger partial charge in [0.05, 0.1) is 12.5 Å². The van der Waals surface area contributed by atoms with E-state index < -0.39 is 0 Å². The molecule has 10 heteroatoms. The number of fused-ring (bicyclic) bond motifs is 1. The molecule has 3 aromatic carbocycles. The summed E-state index contributed by atoms with van der Waals surface area (Å²) in [5.41, 5.74) is 2.39. The Bertz CT molecular complexity index is 1080. The standard InChI is InChI=1S/C10H8.C7H8.C6H7N.C4H4O.C4H4S.10C2H6.2CH4.7CH3.4Re.2Rf.Rh/c1-2-6-10-8-4-3-7-9(10)5-1;1-7-5-3-2-4-6-7;1-6-4-2-3-5-7-6;2*1-2-4-5-3-1;10*1-2;;;;;;;;;;;;;;;;/h1-8H;2-6H,1H3;2-5H,1H3;2*1-4H;10*1-2H3;2*1H4;7*1H3;;;;;;;/q;;;;;;;;;;;;;;;;;7*-1;;;;;;;. The molecule has 6 rings (SSSR count). The van der Waals surface area contributed by atoms with Crippen LogP contribution in [0, 0.1) is 65.8 Å². The fraction of sp³-hybridized carbons (Fsp3) is 0.400. The van der Waals surface area contributed by atoms with Crippen LogP contribution in [0.1, 0.15) is 165 Å². The molecule has 3 heterocycles. The molecule has 0 N–H and O–H groups in total. The molecule has 2 nitrogen and oxygen atoms in total. The van der Waals surface area contributed by atoms with Crippen molar-refractivity contribution in [3.05, 3.63) is 214 Å². The minimum absolute atomic E-state index is 0. The number of hydrogen-bond donors (Lipinski definition) is 0. The molecule has 70 heavy (non-hydrogen) atoms. The second kappa shape index (κ2) is 203. The van der Waals surface area contributed by atoms with Crippen molar-refractivity contribution in [3.63, 3.8) is 0 Å². The zero-order valence-corrected chi connectivity index (χ0v) is 76.1. The number of pyridine rings is 1. The van der Waals surface area contributed by atoms with Crippen molar-refractivity contribution in [1.29, 1.82) is 0 Å². The Labute approximate surface area is 508 Å². The van der Waals surface area contributed by atoms with Crippen LogP contribution in [0.2, 0.25) is 0 Å². The van der Waals surface area contributed by atoms with Crippen LogP contribution in [0.3, 0.4) is 0 Å². The van der Waals surface area contributed by atoms with Crippen molar-refractivity contribution in [2.24, 2.45) is 0 Å². The van der Waals surface area contributed by atoms with Gasteiger partial charge in [-0.3, -0.25) is 4.98 Å². The topological polar surface area (TPSA) is 26.0 Å². The molecule has 425 valence electrons. The SMILES string of the molecule is C.C.CC.CC.CC.CC.CC.CC.CC.CC.CC.CC.Cc1ccccc1.Cc1ccccn1.[CH3-].[CH3-].[CH3-].[CH3-].[CH3-].[CH3-].[CH3-].[Re].[Re].[Re].[Re].[Rf].[Rf].[Rh].c1ccc2ccccc2c1.c1ccoc1.c1ccsc1. The summed E-state index contributed by atoms with van der Waals surface area (Å²) in [5, 5.41) is 6.70. The van der Waals surface area contributed by atoms with Gasteiger partial charge in [-0.2, -0.15) is 11.3 Å².